The molecule has 0 bridgehead atoms. The number of sulfonamides is 1. The first-order valence-electron chi connectivity index (χ1n) is 6.66. The van der Waals surface area contributed by atoms with Crippen molar-refractivity contribution in [1.29, 1.82) is 0 Å². The molecule has 1 unspecified atom stereocenters. The molecule has 1 aromatic carbocycles. The number of ether oxygens (including phenoxy) is 1. The minimum absolute atomic E-state index is 0.0606. The van der Waals surface area contributed by atoms with Gasteiger partial charge in [0.25, 0.3) is 0 Å². The van der Waals surface area contributed by atoms with Crippen LogP contribution in [0.2, 0.25) is 0 Å². The summed E-state index contributed by atoms with van der Waals surface area (Å²) in [6, 6.07) is 10.3. The molecule has 1 aliphatic heterocycles. The zero-order chi connectivity index (χ0) is 13.7. The predicted octanol–water partition coefficient (Wildman–Crippen LogP) is 1.67. The van der Waals surface area contributed by atoms with E-state index in [2.05, 4.69) is 12.1 Å². The van der Waals surface area contributed by atoms with E-state index in [9.17, 15) is 8.42 Å². The zero-order valence-electron chi connectivity index (χ0n) is 11.3. The molecule has 0 spiro atoms. The van der Waals surface area contributed by atoms with Gasteiger partial charge in [0.1, 0.15) is 0 Å². The molecule has 5 heteroatoms. The molecule has 106 valence electrons. The molecular formula is C14H21NO3S. The molecule has 4 nitrogen and oxygen atoms in total. The summed E-state index contributed by atoms with van der Waals surface area (Å²) in [6.45, 7) is 1.78. The van der Waals surface area contributed by atoms with Gasteiger partial charge in [0.05, 0.1) is 12.4 Å². The monoisotopic (exact) mass is 283 g/mol. The molecule has 0 amide bonds. The first kappa shape index (κ1) is 14.5. The van der Waals surface area contributed by atoms with E-state index in [0.717, 1.165) is 19.3 Å². The van der Waals surface area contributed by atoms with Crippen LogP contribution in [0.3, 0.4) is 0 Å². The van der Waals surface area contributed by atoms with Crippen LogP contribution in [0, 0.1) is 0 Å². The lowest BCUT2D eigenvalue weighted by atomic mass is 10.1. The van der Waals surface area contributed by atoms with Gasteiger partial charge < -0.3 is 4.74 Å². The Morgan fingerprint density at radius 2 is 2.05 bits per heavy atom. The van der Waals surface area contributed by atoms with Gasteiger partial charge in [0.15, 0.2) is 0 Å². The van der Waals surface area contributed by atoms with Gasteiger partial charge in [0.2, 0.25) is 10.0 Å². The largest absolute Gasteiger partial charge is 0.377 e. The average Bonchev–Trinajstić information content (AvgIpc) is 2.85. The molecule has 0 radical (unpaired) electrons. The van der Waals surface area contributed by atoms with Crippen molar-refractivity contribution in [2.45, 2.75) is 25.4 Å². The van der Waals surface area contributed by atoms with Crippen LogP contribution in [0.5, 0.6) is 0 Å². The van der Waals surface area contributed by atoms with E-state index in [1.54, 1.807) is 0 Å². The maximum absolute atomic E-state index is 11.4. The number of hydrogen-bond acceptors (Lipinski definition) is 3. The maximum atomic E-state index is 11.4. The highest BCUT2D eigenvalue weighted by atomic mass is 32.2. The van der Waals surface area contributed by atoms with E-state index in [1.807, 2.05) is 18.2 Å². The van der Waals surface area contributed by atoms with Crippen LogP contribution in [0.25, 0.3) is 0 Å². The molecule has 0 saturated carbocycles. The standard InChI is InChI=1S/C14H21NO3S/c1-19(16,17)15-10-9-14(12-15)18-11-5-8-13-6-3-2-4-7-13/h2-4,6-7,14H,5,8-12H2,1H3. The van der Waals surface area contributed by atoms with Crippen LogP contribution in [0.15, 0.2) is 30.3 Å². The quantitative estimate of drug-likeness (QED) is 0.746. The SMILES string of the molecule is CS(=O)(=O)N1CCC(OCCCc2ccccc2)C1. The number of nitrogens with zero attached hydrogens (tertiary/aromatic N) is 1. The molecule has 1 aromatic rings. The van der Waals surface area contributed by atoms with Crippen LogP contribution in [0.1, 0.15) is 18.4 Å². The van der Waals surface area contributed by atoms with Gasteiger partial charge in [0, 0.05) is 19.7 Å². The first-order chi connectivity index (χ1) is 9.05. The molecular weight excluding hydrogens is 262 g/mol. The average molecular weight is 283 g/mol. The second-order valence-electron chi connectivity index (χ2n) is 4.99. The van der Waals surface area contributed by atoms with Crippen molar-refractivity contribution in [2.75, 3.05) is 26.0 Å². The van der Waals surface area contributed by atoms with Gasteiger partial charge in [-0.25, -0.2) is 8.42 Å². The molecule has 2 rings (SSSR count). The van der Waals surface area contributed by atoms with E-state index in [1.165, 1.54) is 16.1 Å². The van der Waals surface area contributed by atoms with Crippen LogP contribution < -0.4 is 0 Å². The Morgan fingerprint density at radius 1 is 1.32 bits per heavy atom. The fourth-order valence-corrected chi connectivity index (χ4v) is 3.18. The third-order valence-corrected chi connectivity index (χ3v) is 4.65. The molecule has 0 aromatic heterocycles. The second-order valence-corrected chi connectivity index (χ2v) is 6.97. The van der Waals surface area contributed by atoms with Crippen LogP contribution in [0.4, 0.5) is 0 Å². The predicted molar refractivity (Wildman–Crippen MR) is 75.5 cm³/mol. The Labute approximate surface area is 115 Å². The van der Waals surface area contributed by atoms with Crippen molar-refractivity contribution in [3.8, 4) is 0 Å². The van der Waals surface area contributed by atoms with E-state index in [4.69, 9.17) is 4.74 Å². The van der Waals surface area contributed by atoms with Crippen molar-refractivity contribution >= 4 is 10.0 Å². The summed E-state index contributed by atoms with van der Waals surface area (Å²) in [5.41, 5.74) is 1.32. The molecule has 1 aliphatic rings. The lowest BCUT2D eigenvalue weighted by molar-refractivity contribution is 0.0621. The summed E-state index contributed by atoms with van der Waals surface area (Å²) in [5, 5.41) is 0. The van der Waals surface area contributed by atoms with Crippen molar-refractivity contribution in [3.63, 3.8) is 0 Å². The Bertz CT molecular complexity index is 487. The minimum atomic E-state index is -3.06. The van der Waals surface area contributed by atoms with Gasteiger partial charge in [-0.3, -0.25) is 0 Å². The topological polar surface area (TPSA) is 46.6 Å². The Hall–Kier alpha value is -0.910. The third kappa shape index (κ3) is 4.60. The highest BCUT2D eigenvalue weighted by molar-refractivity contribution is 7.88. The first-order valence-corrected chi connectivity index (χ1v) is 8.51. The fourth-order valence-electron chi connectivity index (χ4n) is 2.31. The summed E-state index contributed by atoms with van der Waals surface area (Å²) in [4.78, 5) is 0. The number of rotatable bonds is 6. The smallest absolute Gasteiger partial charge is 0.211 e. The van der Waals surface area contributed by atoms with Gasteiger partial charge in [-0.05, 0) is 24.8 Å². The zero-order valence-corrected chi connectivity index (χ0v) is 12.1. The third-order valence-electron chi connectivity index (χ3n) is 3.38. The van der Waals surface area contributed by atoms with Gasteiger partial charge >= 0.3 is 0 Å². The molecule has 1 fully saturated rings. The van der Waals surface area contributed by atoms with Gasteiger partial charge in [-0.1, -0.05) is 30.3 Å². The molecule has 1 heterocycles. The van der Waals surface area contributed by atoms with Crippen molar-refractivity contribution < 1.29 is 13.2 Å². The van der Waals surface area contributed by atoms with Gasteiger partial charge in [-0.15, -0.1) is 0 Å². The van der Waals surface area contributed by atoms with E-state index in [0.29, 0.717) is 19.7 Å². The Kier molecular flexibility index (Phi) is 4.96. The summed E-state index contributed by atoms with van der Waals surface area (Å²) in [7, 11) is -3.06. The molecule has 19 heavy (non-hydrogen) atoms. The molecule has 1 atom stereocenters. The second kappa shape index (κ2) is 6.50. The summed E-state index contributed by atoms with van der Waals surface area (Å²) < 4.78 is 30.0. The maximum Gasteiger partial charge on any atom is 0.211 e. The number of aryl methyl sites for hydroxylation is 1. The number of benzene rings is 1. The number of hydrogen-bond donors (Lipinski definition) is 0. The summed E-state index contributed by atoms with van der Waals surface area (Å²) >= 11 is 0. The van der Waals surface area contributed by atoms with Crippen molar-refractivity contribution in [1.82, 2.24) is 4.31 Å². The van der Waals surface area contributed by atoms with Gasteiger partial charge in [-0.2, -0.15) is 4.31 Å². The summed E-state index contributed by atoms with van der Waals surface area (Å²) in [6.07, 6.45) is 4.09. The highest BCUT2D eigenvalue weighted by Crippen LogP contribution is 2.16. The van der Waals surface area contributed by atoms with Crippen molar-refractivity contribution in [2.24, 2.45) is 0 Å². The lowest BCUT2D eigenvalue weighted by Gasteiger charge is -2.14. The Morgan fingerprint density at radius 3 is 2.68 bits per heavy atom. The Balaban J connectivity index is 1.65. The minimum Gasteiger partial charge on any atom is -0.377 e. The molecule has 1 saturated heterocycles. The summed E-state index contributed by atoms with van der Waals surface area (Å²) in [5.74, 6) is 0. The van der Waals surface area contributed by atoms with Crippen molar-refractivity contribution in [3.05, 3.63) is 35.9 Å². The highest BCUT2D eigenvalue weighted by Gasteiger charge is 2.28. The molecule has 0 aliphatic carbocycles. The van der Waals surface area contributed by atoms with E-state index in [-0.39, 0.29) is 6.10 Å². The van der Waals surface area contributed by atoms with Crippen LogP contribution >= 0.6 is 0 Å². The van der Waals surface area contributed by atoms with E-state index < -0.39 is 10.0 Å². The van der Waals surface area contributed by atoms with Crippen LogP contribution in [-0.2, 0) is 21.2 Å². The van der Waals surface area contributed by atoms with E-state index >= 15 is 0 Å². The normalized spacial score (nSPS) is 20.8. The van der Waals surface area contributed by atoms with Crippen LogP contribution in [-0.4, -0.2) is 44.8 Å². The fraction of sp³-hybridized carbons (Fsp3) is 0.571. The lowest BCUT2D eigenvalue weighted by Crippen LogP contribution is -2.29. The molecule has 0 N–H and O–H groups in total.